The zero-order valence-electron chi connectivity index (χ0n) is 7.32. The SMILES string of the molecule is N#Cc1ccc(CC(=O)O)cc1.[Na]. The van der Waals surface area contributed by atoms with Crippen LogP contribution in [0.1, 0.15) is 11.1 Å². The Kier molecular flexibility index (Phi) is 5.40. The van der Waals surface area contributed by atoms with Crippen LogP contribution in [0.15, 0.2) is 24.3 Å². The number of carbonyl (C=O) groups is 1. The molecule has 61 valence electrons. The van der Waals surface area contributed by atoms with Gasteiger partial charge in [0.2, 0.25) is 0 Å². The molecule has 0 aliphatic carbocycles. The summed E-state index contributed by atoms with van der Waals surface area (Å²) < 4.78 is 0. The molecule has 0 amide bonds. The first-order valence-electron chi connectivity index (χ1n) is 3.43. The van der Waals surface area contributed by atoms with Crippen LogP contribution in [0.5, 0.6) is 0 Å². The maximum absolute atomic E-state index is 10.3. The van der Waals surface area contributed by atoms with Gasteiger partial charge < -0.3 is 5.11 Å². The Bertz CT molecular complexity index is 326. The fraction of sp³-hybridized carbons (Fsp3) is 0.111. The van der Waals surface area contributed by atoms with E-state index in [1.165, 1.54) is 0 Å². The number of aliphatic carboxylic acids is 1. The van der Waals surface area contributed by atoms with Crippen molar-refractivity contribution in [2.75, 3.05) is 0 Å². The van der Waals surface area contributed by atoms with Crippen molar-refractivity contribution in [3.8, 4) is 6.07 Å². The molecule has 1 radical (unpaired) electrons. The van der Waals surface area contributed by atoms with Crippen molar-refractivity contribution in [2.45, 2.75) is 6.42 Å². The van der Waals surface area contributed by atoms with Crippen molar-refractivity contribution in [3.63, 3.8) is 0 Å². The monoisotopic (exact) mass is 184 g/mol. The minimum atomic E-state index is -0.861. The van der Waals surface area contributed by atoms with E-state index in [9.17, 15) is 4.79 Å². The molecule has 0 bridgehead atoms. The number of carboxylic acids is 1. The molecular formula is C9H7NNaO2. The summed E-state index contributed by atoms with van der Waals surface area (Å²) in [6.07, 6.45) is 0.00566. The van der Waals surface area contributed by atoms with E-state index in [1.807, 2.05) is 6.07 Å². The molecule has 1 N–H and O–H groups in total. The predicted molar refractivity (Wildman–Crippen MR) is 48.3 cm³/mol. The van der Waals surface area contributed by atoms with E-state index in [4.69, 9.17) is 10.4 Å². The van der Waals surface area contributed by atoms with E-state index >= 15 is 0 Å². The zero-order valence-corrected chi connectivity index (χ0v) is 9.32. The first-order valence-corrected chi connectivity index (χ1v) is 3.43. The average Bonchev–Trinajstić information content (AvgIpc) is 2.05. The van der Waals surface area contributed by atoms with Gasteiger partial charge in [0, 0.05) is 29.6 Å². The minimum Gasteiger partial charge on any atom is -0.481 e. The number of carboxylic acid groups (broad SMARTS) is 1. The second-order valence-electron chi connectivity index (χ2n) is 2.38. The van der Waals surface area contributed by atoms with Crippen molar-refractivity contribution in [1.29, 1.82) is 5.26 Å². The number of benzene rings is 1. The number of rotatable bonds is 2. The van der Waals surface area contributed by atoms with Gasteiger partial charge in [-0.1, -0.05) is 12.1 Å². The second-order valence-corrected chi connectivity index (χ2v) is 2.38. The third-order valence-corrected chi connectivity index (χ3v) is 1.44. The number of hydrogen-bond donors (Lipinski definition) is 1. The fourth-order valence-corrected chi connectivity index (χ4v) is 0.872. The summed E-state index contributed by atoms with van der Waals surface area (Å²) in [6, 6.07) is 8.47. The van der Waals surface area contributed by atoms with Crippen molar-refractivity contribution in [1.82, 2.24) is 0 Å². The van der Waals surface area contributed by atoms with E-state index in [0.29, 0.717) is 11.1 Å². The molecular weight excluding hydrogens is 177 g/mol. The molecule has 0 aliphatic rings. The van der Waals surface area contributed by atoms with E-state index in [1.54, 1.807) is 24.3 Å². The first kappa shape index (κ1) is 12.2. The Hall–Kier alpha value is -0.820. The third-order valence-electron chi connectivity index (χ3n) is 1.44. The summed E-state index contributed by atoms with van der Waals surface area (Å²) >= 11 is 0. The standard InChI is InChI=1S/C9H7NO2.Na/c10-6-8-3-1-7(2-4-8)5-9(11)12;/h1-4H,5H2,(H,11,12);. The summed E-state index contributed by atoms with van der Waals surface area (Å²) in [4.78, 5) is 10.3. The molecule has 0 unspecified atom stereocenters. The zero-order chi connectivity index (χ0) is 8.97. The van der Waals surface area contributed by atoms with E-state index in [0.717, 1.165) is 0 Å². The largest absolute Gasteiger partial charge is 0.481 e. The Balaban J connectivity index is 0.00000144. The van der Waals surface area contributed by atoms with Crippen LogP contribution in [0.2, 0.25) is 0 Å². The van der Waals surface area contributed by atoms with Gasteiger partial charge in [-0.05, 0) is 17.7 Å². The van der Waals surface area contributed by atoms with Gasteiger partial charge in [-0.25, -0.2) is 0 Å². The van der Waals surface area contributed by atoms with Crippen molar-refractivity contribution in [3.05, 3.63) is 35.4 Å². The Morgan fingerprint density at radius 3 is 2.31 bits per heavy atom. The van der Waals surface area contributed by atoms with Crippen LogP contribution in [0.25, 0.3) is 0 Å². The third kappa shape index (κ3) is 4.09. The predicted octanol–water partition coefficient (Wildman–Crippen LogP) is 0.805. The van der Waals surface area contributed by atoms with Crippen LogP contribution in [0, 0.1) is 11.3 Å². The molecule has 1 aromatic carbocycles. The Morgan fingerprint density at radius 1 is 1.38 bits per heavy atom. The summed E-state index contributed by atoms with van der Waals surface area (Å²) in [6.45, 7) is 0. The van der Waals surface area contributed by atoms with Gasteiger partial charge in [0.15, 0.2) is 0 Å². The molecule has 0 heterocycles. The molecule has 0 aromatic heterocycles. The van der Waals surface area contributed by atoms with Gasteiger partial charge >= 0.3 is 5.97 Å². The molecule has 13 heavy (non-hydrogen) atoms. The molecule has 1 rings (SSSR count). The van der Waals surface area contributed by atoms with E-state index < -0.39 is 5.97 Å². The molecule has 0 saturated carbocycles. The van der Waals surface area contributed by atoms with Crippen LogP contribution in [0.3, 0.4) is 0 Å². The molecule has 0 spiro atoms. The number of nitrogens with zero attached hydrogens (tertiary/aromatic N) is 1. The molecule has 3 nitrogen and oxygen atoms in total. The van der Waals surface area contributed by atoms with Gasteiger partial charge in [0.05, 0.1) is 18.1 Å². The second kappa shape index (κ2) is 5.76. The summed E-state index contributed by atoms with van der Waals surface area (Å²) in [5, 5.41) is 16.9. The minimum absolute atomic E-state index is 0. The molecule has 1 aromatic rings. The summed E-state index contributed by atoms with van der Waals surface area (Å²) in [5.74, 6) is -0.861. The Morgan fingerprint density at radius 2 is 1.92 bits per heavy atom. The normalized spacial score (nSPS) is 8.23. The average molecular weight is 184 g/mol. The number of nitriles is 1. The van der Waals surface area contributed by atoms with Crippen molar-refractivity contribution < 1.29 is 9.90 Å². The molecule has 0 atom stereocenters. The fourth-order valence-electron chi connectivity index (χ4n) is 0.872. The van der Waals surface area contributed by atoms with Crippen LogP contribution >= 0.6 is 0 Å². The van der Waals surface area contributed by atoms with Crippen LogP contribution in [-0.2, 0) is 11.2 Å². The van der Waals surface area contributed by atoms with Gasteiger partial charge in [-0.15, -0.1) is 0 Å². The summed E-state index contributed by atoms with van der Waals surface area (Å²) in [7, 11) is 0. The van der Waals surface area contributed by atoms with Crippen LogP contribution in [0.4, 0.5) is 0 Å². The van der Waals surface area contributed by atoms with Crippen LogP contribution in [-0.4, -0.2) is 40.6 Å². The van der Waals surface area contributed by atoms with E-state index in [2.05, 4.69) is 0 Å². The van der Waals surface area contributed by atoms with Crippen LogP contribution < -0.4 is 0 Å². The first-order chi connectivity index (χ1) is 5.72. The summed E-state index contributed by atoms with van der Waals surface area (Å²) in [5.41, 5.74) is 1.26. The molecule has 0 fully saturated rings. The quantitative estimate of drug-likeness (QED) is 0.691. The molecule has 0 aliphatic heterocycles. The maximum Gasteiger partial charge on any atom is 0.307 e. The maximum atomic E-state index is 10.3. The molecule has 4 heteroatoms. The van der Waals surface area contributed by atoms with Gasteiger partial charge in [-0.3, -0.25) is 4.79 Å². The Labute approximate surface area is 98.3 Å². The van der Waals surface area contributed by atoms with Crippen molar-refractivity contribution >= 4 is 35.5 Å². The van der Waals surface area contributed by atoms with E-state index in [-0.39, 0.29) is 36.0 Å². The number of hydrogen-bond acceptors (Lipinski definition) is 2. The van der Waals surface area contributed by atoms with Crippen molar-refractivity contribution in [2.24, 2.45) is 0 Å². The topological polar surface area (TPSA) is 61.1 Å². The van der Waals surface area contributed by atoms with Gasteiger partial charge in [0.25, 0.3) is 0 Å². The van der Waals surface area contributed by atoms with Gasteiger partial charge in [0.1, 0.15) is 0 Å². The molecule has 0 saturated heterocycles. The smallest absolute Gasteiger partial charge is 0.307 e. The van der Waals surface area contributed by atoms with Gasteiger partial charge in [-0.2, -0.15) is 5.26 Å².